The Labute approximate surface area is 170 Å². The van der Waals surface area contributed by atoms with Crippen LogP contribution in [0.15, 0.2) is 47.0 Å². The molecule has 0 atom stereocenters. The molecular formula is C22H26N4O3. The summed E-state index contributed by atoms with van der Waals surface area (Å²) >= 11 is 0. The Bertz CT molecular complexity index is 878. The Kier molecular flexibility index (Phi) is 5.76. The third-order valence-electron chi connectivity index (χ3n) is 5.52. The van der Waals surface area contributed by atoms with Gasteiger partial charge in [0.1, 0.15) is 5.76 Å². The molecule has 0 aliphatic carbocycles. The predicted octanol–water partition coefficient (Wildman–Crippen LogP) is 1.91. The maximum atomic E-state index is 12.7. The van der Waals surface area contributed by atoms with Crippen molar-refractivity contribution in [2.24, 2.45) is 5.92 Å². The zero-order chi connectivity index (χ0) is 20.2. The van der Waals surface area contributed by atoms with Crippen LogP contribution in [0, 0.1) is 12.8 Å². The standard InChI is InChI=1S/C22H26N4O3/c1-17-14-20(23-29-17)22(28)26-15-19(16-26)21(27)25-12-10-24(11-13-25)9-5-8-18-6-3-2-4-7-18/h2-8,14,19H,9-13,15-16H2,1H3/b8-5+. The van der Waals surface area contributed by atoms with Crippen LogP contribution in [0.1, 0.15) is 21.8 Å². The van der Waals surface area contributed by atoms with Gasteiger partial charge in [-0.15, -0.1) is 0 Å². The number of nitrogens with zero attached hydrogens (tertiary/aromatic N) is 4. The molecule has 2 fully saturated rings. The number of aryl methyl sites for hydroxylation is 1. The van der Waals surface area contributed by atoms with E-state index in [2.05, 4.69) is 34.3 Å². The first kappa shape index (κ1) is 19.4. The lowest BCUT2D eigenvalue weighted by atomic mass is 9.97. The first-order valence-electron chi connectivity index (χ1n) is 10.1. The summed E-state index contributed by atoms with van der Waals surface area (Å²) in [6.45, 7) is 6.79. The van der Waals surface area contributed by atoms with Crippen molar-refractivity contribution in [3.63, 3.8) is 0 Å². The highest BCUT2D eigenvalue weighted by Gasteiger charge is 2.39. The number of amides is 2. The molecule has 0 bridgehead atoms. The smallest absolute Gasteiger partial charge is 0.276 e. The van der Waals surface area contributed by atoms with Crippen molar-refractivity contribution in [1.29, 1.82) is 0 Å². The lowest BCUT2D eigenvalue weighted by Gasteiger charge is -2.42. The van der Waals surface area contributed by atoms with Crippen LogP contribution in [0.4, 0.5) is 0 Å². The van der Waals surface area contributed by atoms with Gasteiger partial charge < -0.3 is 14.3 Å². The van der Waals surface area contributed by atoms with E-state index in [0.717, 1.165) is 32.7 Å². The number of piperazine rings is 1. The van der Waals surface area contributed by atoms with Gasteiger partial charge in [0.2, 0.25) is 5.91 Å². The highest BCUT2D eigenvalue weighted by Crippen LogP contribution is 2.21. The average molecular weight is 394 g/mol. The number of likely N-dealkylation sites (tertiary alicyclic amines) is 1. The molecule has 29 heavy (non-hydrogen) atoms. The molecule has 0 unspecified atom stereocenters. The lowest BCUT2D eigenvalue weighted by Crippen LogP contribution is -2.59. The van der Waals surface area contributed by atoms with Crippen LogP contribution in [-0.2, 0) is 4.79 Å². The first-order chi connectivity index (χ1) is 14.1. The van der Waals surface area contributed by atoms with Crippen molar-refractivity contribution in [1.82, 2.24) is 19.9 Å². The summed E-state index contributed by atoms with van der Waals surface area (Å²) in [5.41, 5.74) is 1.51. The van der Waals surface area contributed by atoms with Gasteiger partial charge in [-0.3, -0.25) is 14.5 Å². The number of aromatic nitrogens is 1. The second kappa shape index (κ2) is 8.61. The molecule has 0 saturated carbocycles. The molecule has 1 aromatic heterocycles. The summed E-state index contributed by atoms with van der Waals surface area (Å²) in [6.07, 6.45) is 4.31. The number of benzene rings is 1. The number of rotatable bonds is 5. The van der Waals surface area contributed by atoms with Crippen LogP contribution in [0.2, 0.25) is 0 Å². The predicted molar refractivity (Wildman–Crippen MR) is 109 cm³/mol. The SMILES string of the molecule is Cc1cc(C(=O)N2CC(C(=O)N3CCN(C/C=C/c4ccccc4)CC3)C2)no1. The molecule has 4 rings (SSSR count). The summed E-state index contributed by atoms with van der Waals surface area (Å²) in [5, 5.41) is 3.76. The zero-order valence-electron chi connectivity index (χ0n) is 16.7. The highest BCUT2D eigenvalue weighted by atomic mass is 16.5. The molecule has 2 amide bonds. The Morgan fingerprint density at radius 3 is 2.48 bits per heavy atom. The third kappa shape index (κ3) is 4.56. The van der Waals surface area contributed by atoms with Crippen LogP contribution in [0.5, 0.6) is 0 Å². The van der Waals surface area contributed by atoms with E-state index in [9.17, 15) is 9.59 Å². The summed E-state index contributed by atoms with van der Waals surface area (Å²) < 4.78 is 4.95. The number of hydrogen-bond donors (Lipinski definition) is 0. The molecule has 2 aliphatic heterocycles. The fraction of sp³-hybridized carbons (Fsp3) is 0.409. The monoisotopic (exact) mass is 394 g/mol. The molecule has 3 heterocycles. The summed E-state index contributed by atoms with van der Waals surface area (Å²) in [5.74, 6) is 0.500. The Balaban J connectivity index is 1.19. The maximum absolute atomic E-state index is 12.7. The van der Waals surface area contributed by atoms with E-state index in [1.807, 2.05) is 23.1 Å². The molecule has 1 aromatic carbocycles. The van der Waals surface area contributed by atoms with Gasteiger partial charge in [0, 0.05) is 51.9 Å². The van der Waals surface area contributed by atoms with E-state index < -0.39 is 0 Å². The minimum atomic E-state index is -0.166. The zero-order valence-corrected chi connectivity index (χ0v) is 16.7. The van der Waals surface area contributed by atoms with Crippen molar-refractivity contribution >= 4 is 17.9 Å². The molecule has 0 spiro atoms. The molecule has 7 heteroatoms. The van der Waals surface area contributed by atoms with Crippen LogP contribution >= 0.6 is 0 Å². The van der Waals surface area contributed by atoms with Crippen molar-refractivity contribution in [3.8, 4) is 0 Å². The third-order valence-corrected chi connectivity index (χ3v) is 5.52. The van der Waals surface area contributed by atoms with Crippen LogP contribution in [-0.4, -0.2) is 77.5 Å². The fourth-order valence-corrected chi connectivity index (χ4v) is 3.74. The van der Waals surface area contributed by atoms with Crippen molar-refractivity contribution in [2.45, 2.75) is 6.92 Å². The minimum absolute atomic E-state index is 0.100. The molecule has 0 radical (unpaired) electrons. The number of carbonyl (C=O) groups excluding carboxylic acids is 2. The fourth-order valence-electron chi connectivity index (χ4n) is 3.74. The van der Waals surface area contributed by atoms with E-state index in [1.165, 1.54) is 5.56 Å². The quantitative estimate of drug-likeness (QED) is 0.775. The molecular weight excluding hydrogens is 368 g/mol. The topological polar surface area (TPSA) is 69.9 Å². The molecule has 7 nitrogen and oxygen atoms in total. The first-order valence-corrected chi connectivity index (χ1v) is 10.1. The van der Waals surface area contributed by atoms with E-state index >= 15 is 0 Å². The molecule has 152 valence electrons. The second-order valence-electron chi connectivity index (χ2n) is 7.67. The summed E-state index contributed by atoms with van der Waals surface area (Å²) in [6, 6.07) is 11.9. The average Bonchev–Trinajstić information content (AvgIpc) is 3.14. The number of carbonyl (C=O) groups is 2. The summed E-state index contributed by atoms with van der Waals surface area (Å²) in [4.78, 5) is 31.0. The van der Waals surface area contributed by atoms with Gasteiger partial charge in [-0.2, -0.15) is 0 Å². The molecule has 2 saturated heterocycles. The van der Waals surface area contributed by atoms with Crippen molar-refractivity contribution < 1.29 is 14.1 Å². The normalized spacial score (nSPS) is 18.2. The van der Waals surface area contributed by atoms with E-state index in [1.54, 1.807) is 17.9 Å². The van der Waals surface area contributed by atoms with E-state index in [-0.39, 0.29) is 17.7 Å². The largest absolute Gasteiger partial charge is 0.361 e. The highest BCUT2D eigenvalue weighted by molar-refractivity contribution is 5.94. The van der Waals surface area contributed by atoms with E-state index in [4.69, 9.17) is 4.52 Å². The molecule has 2 aliphatic rings. The van der Waals surface area contributed by atoms with Gasteiger partial charge in [0.05, 0.1) is 5.92 Å². The van der Waals surface area contributed by atoms with Crippen LogP contribution in [0.25, 0.3) is 6.08 Å². The Hall–Kier alpha value is -2.93. The van der Waals surface area contributed by atoms with E-state index in [0.29, 0.717) is 24.5 Å². The van der Waals surface area contributed by atoms with Gasteiger partial charge in [0.15, 0.2) is 5.69 Å². The lowest BCUT2D eigenvalue weighted by molar-refractivity contribution is -0.141. The molecule has 0 N–H and O–H groups in total. The van der Waals surface area contributed by atoms with Crippen molar-refractivity contribution in [2.75, 3.05) is 45.8 Å². The summed E-state index contributed by atoms with van der Waals surface area (Å²) in [7, 11) is 0. The van der Waals surface area contributed by atoms with Gasteiger partial charge in [-0.1, -0.05) is 47.6 Å². The van der Waals surface area contributed by atoms with Crippen LogP contribution < -0.4 is 0 Å². The van der Waals surface area contributed by atoms with Gasteiger partial charge in [-0.05, 0) is 12.5 Å². The van der Waals surface area contributed by atoms with Crippen molar-refractivity contribution in [3.05, 3.63) is 59.5 Å². The minimum Gasteiger partial charge on any atom is -0.361 e. The molecule has 2 aromatic rings. The second-order valence-corrected chi connectivity index (χ2v) is 7.67. The Morgan fingerprint density at radius 1 is 1.10 bits per heavy atom. The van der Waals surface area contributed by atoms with Crippen LogP contribution in [0.3, 0.4) is 0 Å². The van der Waals surface area contributed by atoms with Gasteiger partial charge >= 0.3 is 0 Å². The van der Waals surface area contributed by atoms with Gasteiger partial charge in [0.25, 0.3) is 5.91 Å². The maximum Gasteiger partial charge on any atom is 0.276 e. The van der Waals surface area contributed by atoms with Gasteiger partial charge in [-0.25, -0.2) is 0 Å². The number of hydrogen-bond acceptors (Lipinski definition) is 5. The Morgan fingerprint density at radius 2 is 1.83 bits per heavy atom.